The Bertz CT molecular complexity index is 828. The summed E-state index contributed by atoms with van der Waals surface area (Å²) in [6.45, 7) is 6.81. The molecule has 2 atom stereocenters. The molecule has 2 heterocycles. The quantitative estimate of drug-likeness (QED) is 0.742. The van der Waals surface area contributed by atoms with Crippen LogP contribution in [0.15, 0.2) is 34.7 Å². The molecule has 3 rings (SSSR count). The van der Waals surface area contributed by atoms with Crippen LogP contribution < -0.4 is 4.74 Å². The Morgan fingerprint density at radius 1 is 1.31 bits per heavy atom. The summed E-state index contributed by atoms with van der Waals surface area (Å²) in [6, 6.07) is 9.54. The van der Waals surface area contributed by atoms with Gasteiger partial charge < -0.3 is 24.3 Å². The molecule has 0 unspecified atom stereocenters. The Balaban J connectivity index is 1.69. The summed E-state index contributed by atoms with van der Waals surface area (Å²) in [5.41, 5.74) is 1.33. The van der Waals surface area contributed by atoms with Crippen LogP contribution in [-0.4, -0.2) is 46.8 Å². The van der Waals surface area contributed by atoms with E-state index < -0.39 is 11.5 Å². The van der Waals surface area contributed by atoms with Crippen LogP contribution in [0.1, 0.15) is 53.6 Å². The molecule has 1 fully saturated rings. The standard InChI is InChI=1S/C23H31NO5/c1-4-10-23(15-25)14-24(11-9-21(23)26)22(27)20-12-18(17(3)29-20)13-28-19-7-5-16(2)6-8-19/h5-8,12,21,25-26H,4,9-11,13-15H2,1-3H3/t21-,23+/m1/s1. The van der Waals surface area contributed by atoms with Gasteiger partial charge in [0.25, 0.3) is 5.91 Å². The molecule has 1 aliphatic heterocycles. The third kappa shape index (κ3) is 4.65. The second-order valence-electron chi connectivity index (χ2n) is 8.10. The minimum Gasteiger partial charge on any atom is -0.489 e. The highest BCUT2D eigenvalue weighted by molar-refractivity contribution is 5.92. The van der Waals surface area contributed by atoms with Crippen LogP contribution in [0.4, 0.5) is 0 Å². The monoisotopic (exact) mass is 401 g/mol. The molecule has 1 saturated heterocycles. The number of amides is 1. The summed E-state index contributed by atoms with van der Waals surface area (Å²) in [5.74, 6) is 1.47. The predicted molar refractivity (Wildman–Crippen MR) is 110 cm³/mol. The second-order valence-corrected chi connectivity index (χ2v) is 8.10. The largest absolute Gasteiger partial charge is 0.489 e. The average Bonchev–Trinajstić information content (AvgIpc) is 3.09. The lowest BCUT2D eigenvalue weighted by Gasteiger charge is -2.45. The van der Waals surface area contributed by atoms with E-state index in [0.29, 0.717) is 38.3 Å². The van der Waals surface area contributed by atoms with Crippen molar-refractivity contribution < 1.29 is 24.2 Å². The maximum absolute atomic E-state index is 13.0. The molecular weight excluding hydrogens is 370 g/mol. The highest BCUT2D eigenvalue weighted by Gasteiger charge is 2.43. The van der Waals surface area contributed by atoms with Crippen LogP contribution in [-0.2, 0) is 6.61 Å². The van der Waals surface area contributed by atoms with Gasteiger partial charge in [0.2, 0.25) is 0 Å². The van der Waals surface area contributed by atoms with Crippen molar-refractivity contribution in [3.63, 3.8) is 0 Å². The van der Waals surface area contributed by atoms with E-state index in [4.69, 9.17) is 9.15 Å². The summed E-state index contributed by atoms with van der Waals surface area (Å²) in [6.07, 6.45) is 1.35. The highest BCUT2D eigenvalue weighted by Crippen LogP contribution is 2.35. The van der Waals surface area contributed by atoms with Crippen LogP contribution in [0.5, 0.6) is 5.75 Å². The summed E-state index contributed by atoms with van der Waals surface area (Å²) >= 11 is 0. The first-order valence-electron chi connectivity index (χ1n) is 10.3. The summed E-state index contributed by atoms with van der Waals surface area (Å²) in [4.78, 5) is 14.7. The van der Waals surface area contributed by atoms with E-state index >= 15 is 0 Å². The Hall–Kier alpha value is -2.31. The molecule has 0 saturated carbocycles. The van der Waals surface area contributed by atoms with E-state index in [-0.39, 0.29) is 18.3 Å². The molecule has 29 heavy (non-hydrogen) atoms. The maximum atomic E-state index is 13.0. The van der Waals surface area contributed by atoms with Gasteiger partial charge in [-0.1, -0.05) is 31.0 Å². The third-order valence-corrected chi connectivity index (χ3v) is 5.88. The molecule has 1 amide bonds. The fourth-order valence-electron chi connectivity index (χ4n) is 4.02. The first kappa shape index (κ1) is 21.4. The highest BCUT2D eigenvalue weighted by atomic mass is 16.5. The summed E-state index contributed by atoms with van der Waals surface area (Å²) in [7, 11) is 0. The third-order valence-electron chi connectivity index (χ3n) is 5.88. The van der Waals surface area contributed by atoms with Crippen molar-refractivity contribution in [2.45, 2.75) is 52.7 Å². The van der Waals surface area contributed by atoms with Gasteiger partial charge in [-0.3, -0.25) is 4.79 Å². The molecule has 0 radical (unpaired) electrons. The fourth-order valence-corrected chi connectivity index (χ4v) is 4.02. The zero-order valence-corrected chi connectivity index (χ0v) is 17.5. The van der Waals surface area contributed by atoms with E-state index in [2.05, 4.69) is 0 Å². The van der Waals surface area contributed by atoms with Crippen LogP contribution in [0.3, 0.4) is 0 Å². The van der Waals surface area contributed by atoms with Crippen molar-refractivity contribution in [3.8, 4) is 5.75 Å². The lowest BCUT2D eigenvalue weighted by Crippen LogP contribution is -2.55. The van der Waals surface area contributed by atoms with E-state index in [1.807, 2.05) is 45.0 Å². The lowest BCUT2D eigenvalue weighted by atomic mass is 9.74. The number of nitrogens with zero attached hydrogens (tertiary/aromatic N) is 1. The summed E-state index contributed by atoms with van der Waals surface area (Å²) < 4.78 is 11.5. The van der Waals surface area contributed by atoms with Gasteiger partial charge in [-0.25, -0.2) is 0 Å². The van der Waals surface area contributed by atoms with Gasteiger partial charge in [0.15, 0.2) is 5.76 Å². The number of hydrogen-bond donors (Lipinski definition) is 2. The molecule has 0 spiro atoms. The van der Waals surface area contributed by atoms with Crippen molar-refractivity contribution >= 4 is 5.91 Å². The first-order chi connectivity index (χ1) is 13.9. The minimum absolute atomic E-state index is 0.140. The van der Waals surface area contributed by atoms with E-state index in [9.17, 15) is 15.0 Å². The zero-order valence-electron chi connectivity index (χ0n) is 17.5. The number of hydrogen-bond acceptors (Lipinski definition) is 5. The Morgan fingerprint density at radius 2 is 2.03 bits per heavy atom. The number of piperidine rings is 1. The van der Waals surface area contributed by atoms with Crippen LogP contribution in [0.2, 0.25) is 0 Å². The molecule has 1 aliphatic rings. The van der Waals surface area contributed by atoms with Crippen molar-refractivity contribution in [1.29, 1.82) is 0 Å². The molecular formula is C23H31NO5. The van der Waals surface area contributed by atoms with Gasteiger partial charge in [0, 0.05) is 24.1 Å². The van der Waals surface area contributed by atoms with Gasteiger partial charge in [-0.2, -0.15) is 0 Å². The van der Waals surface area contributed by atoms with Gasteiger partial charge in [-0.05, 0) is 44.9 Å². The molecule has 0 bridgehead atoms. The van der Waals surface area contributed by atoms with Crippen LogP contribution in [0, 0.1) is 19.3 Å². The van der Waals surface area contributed by atoms with Crippen molar-refractivity contribution in [2.75, 3.05) is 19.7 Å². The number of likely N-dealkylation sites (tertiary alicyclic amines) is 1. The van der Waals surface area contributed by atoms with Gasteiger partial charge >= 0.3 is 0 Å². The SMILES string of the molecule is CCC[C@@]1(CO)CN(C(=O)c2cc(COc3ccc(C)cc3)c(C)o2)CC[C@H]1O. The lowest BCUT2D eigenvalue weighted by molar-refractivity contribution is -0.0724. The summed E-state index contributed by atoms with van der Waals surface area (Å²) in [5, 5.41) is 20.3. The Kier molecular flexibility index (Phi) is 6.65. The predicted octanol–water partition coefficient (Wildman–Crippen LogP) is 3.46. The van der Waals surface area contributed by atoms with Crippen molar-refractivity contribution in [1.82, 2.24) is 4.90 Å². The van der Waals surface area contributed by atoms with Crippen LogP contribution >= 0.6 is 0 Å². The molecule has 1 aromatic carbocycles. The molecule has 1 aromatic heterocycles. The normalized spacial score (nSPS) is 22.0. The first-order valence-corrected chi connectivity index (χ1v) is 10.3. The molecule has 6 heteroatoms. The number of carbonyl (C=O) groups is 1. The van der Waals surface area contributed by atoms with Crippen LogP contribution in [0.25, 0.3) is 0 Å². The number of benzene rings is 1. The van der Waals surface area contributed by atoms with Crippen molar-refractivity contribution in [3.05, 3.63) is 53.0 Å². The number of aliphatic hydroxyl groups is 2. The number of carbonyl (C=O) groups excluding carboxylic acids is 1. The number of aryl methyl sites for hydroxylation is 2. The minimum atomic E-state index is -0.665. The zero-order chi connectivity index (χ0) is 21.0. The molecule has 158 valence electrons. The van der Waals surface area contributed by atoms with E-state index in [1.165, 1.54) is 5.56 Å². The number of aliphatic hydroxyl groups excluding tert-OH is 2. The topological polar surface area (TPSA) is 83.1 Å². The van der Waals surface area contributed by atoms with Gasteiger partial charge in [0.05, 0.1) is 12.7 Å². The van der Waals surface area contributed by atoms with Gasteiger partial charge in [0.1, 0.15) is 18.1 Å². The van der Waals surface area contributed by atoms with E-state index in [0.717, 1.165) is 17.7 Å². The Labute approximate surface area is 172 Å². The molecule has 2 aromatic rings. The molecule has 6 nitrogen and oxygen atoms in total. The number of rotatable bonds is 7. The smallest absolute Gasteiger partial charge is 0.289 e. The number of furan rings is 1. The maximum Gasteiger partial charge on any atom is 0.289 e. The molecule has 0 aliphatic carbocycles. The number of ether oxygens (including phenoxy) is 1. The van der Waals surface area contributed by atoms with Gasteiger partial charge in [-0.15, -0.1) is 0 Å². The second kappa shape index (κ2) is 9.01. The van der Waals surface area contributed by atoms with Crippen molar-refractivity contribution in [2.24, 2.45) is 5.41 Å². The van der Waals surface area contributed by atoms with E-state index in [1.54, 1.807) is 11.0 Å². The average molecular weight is 402 g/mol. The fraction of sp³-hybridized carbons (Fsp3) is 0.522. The Morgan fingerprint density at radius 3 is 2.69 bits per heavy atom. The molecule has 2 N–H and O–H groups in total.